The number of hydrogen-bond donors (Lipinski definition) is 2. The van der Waals surface area contributed by atoms with Crippen LogP contribution in [0.5, 0.6) is 0 Å². The molecule has 162 valence electrons. The molecule has 0 radical (unpaired) electrons. The SMILES string of the molecule is O=C(Nc1ccc2ccccc2c1)/C(=C\c1cccc([N+](=O)[O-])c1)NC(=O)c1ccccc1. The number of carbonyl (C=O) groups excluding carboxylic acids is 2. The molecule has 2 amide bonds. The van der Waals surface area contributed by atoms with Crippen LogP contribution in [-0.4, -0.2) is 16.7 Å². The summed E-state index contributed by atoms with van der Waals surface area (Å²) >= 11 is 0. The molecule has 0 saturated heterocycles. The van der Waals surface area contributed by atoms with Gasteiger partial charge in [-0.3, -0.25) is 19.7 Å². The van der Waals surface area contributed by atoms with Gasteiger partial charge in [-0.2, -0.15) is 0 Å². The molecule has 0 aliphatic carbocycles. The molecule has 4 aromatic rings. The van der Waals surface area contributed by atoms with E-state index in [-0.39, 0.29) is 11.4 Å². The summed E-state index contributed by atoms with van der Waals surface area (Å²) in [6.07, 6.45) is 1.41. The van der Waals surface area contributed by atoms with Gasteiger partial charge in [0.1, 0.15) is 5.70 Å². The molecule has 0 fully saturated rings. The monoisotopic (exact) mass is 437 g/mol. The van der Waals surface area contributed by atoms with Crippen molar-refractivity contribution < 1.29 is 14.5 Å². The predicted molar refractivity (Wildman–Crippen MR) is 128 cm³/mol. The van der Waals surface area contributed by atoms with Gasteiger partial charge in [-0.1, -0.05) is 60.7 Å². The first-order valence-electron chi connectivity index (χ1n) is 10.1. The van der Waals surface area contributed by atoms with Crippen LogP contribution in [-0.2, 0) is 4.79 Å². The van der Waals surface area contributed by atoms with Crippen LogP contribution >= 0.6 is 0 Å². The highest BCUT2D eigenvalue weighted by molar-refractivity contribution is 6.11. The normalized spacial score (nSPS) is 11.1. The summed E-state index contributed by atoms with van der Waals surface area (Å²) in [6, 6.07) is 27.5. The molecular weight excluding hydrogens is 418 g/mol. The smallest absolute Gasteiger partial charge is 0.272 e. The number of benzene rings is 4. The number of non-ortho nitro benzene ring substituents is 1. The Bertz CT molecular complexity index is 1380. The maximum atomic E-state index is 13.1. The maximum absolute atomic E-state index is 13.1. The Hall–Kier alpha value is -4.78. The summed E-state index contributed by atoms with van der Waals surface area (Å²) in [4.78, 5) is 36.4. The van der Waals surface area contributed by atoms with Crippen molar-refractivity contribution in [3.05, 3.63) is 124 Å². The third-order valence-electron chi connectivity index (χ3n) is 4.93. The van der Waals surface area contributed by atoms with Crippen molar-refractivity contribution in [2.45, 2.75) is 0 Å². The van der Waals surface area contributed by atoms with E-state index < -0.39 is 16.7 Å². The topological polar surface area (TPSA) is 101 Å². The molecule has 0 unspecified atom stereocenters. The molecule has 0 aliphatic rings. The highest BCUT2D eigenvalue weighted by Crippen LogP contribution is 2.20. The minimum atomic E-state index is -0.555. The van der Waals surface area contributed by atoms with Crippen molar-refractivity contribution >= 4 is 40.0 Å². The van der Waals surface area contributed by atoms with Gasteiger partial charge in [-0.15, -0.1) is 0 Å². The summed E-state index contributed by atoms with van der Waals surface area (Å²) in [5.74, 6) is -1.03. The molecule has 0 bridgehead atoms. The van der Waals surface area contributed by atoms with Gasteiger partial charge < -0.3 is 10.6 Å². The maximum Gasteiger partial charge on any atom is 0.272 e. The van der Waals surface area contributed by atoms with Crippen molar-refractivity contribution in [3.63, 3.8) is 0 Å². The van der Waals surface area contributed by atoms with Crippen LogP contribution in [0.25, 0.3) is 16.8 Å². The summed E-state index contributed by atoms with van der Waals surface area (Å²) in [6.45, 7) is 0. The summed E-state index contributed by atoms with van der Waals surface area (Å²) in [5.41, 5.74) is 1.17. The van der Waals surface area contributed by atoms with Crippen molar-refractivity contribution in [2.75, 3.05) is 5.32 Å². The molecule has 0 spiro atoms. The molecule has 4 rings (SSSR count). The molecule has 0 heterocycles. The van der Waals surface area contributed by atoms with Crippen molar-refractivity contribution in [2.24, 2.45) is 0 Å². The summed E-state index contributed by atoms with van der Waals surface area (Å²) in [5, 5.41) is 18.5. The Labute approximate surface area is 189 Å². The van der Waals surface area contributed by atoms with E-state index in [1.54, 1.807) is 42.5 Å². The minimum absolute atomic E-state index is 0.0440. The molecule has 4 aromatic carbocycles. The van der Waals surface area contributed by atoms with E-state index in [4.69, 9.17) is 0 Å². The van der Waals surface area contributed by atoms with Crippen LogP contribution < -0.4 is 10.6 Å². The number of nitro benzene ring substituents is 1. The first-order valence-corrected chi connectivity index (χ1v) is 10.1. The second kappa shape index (κ2) is 9.57. The lowest BCUT2D eigenvalue weighted by molar-refractivity contribution is -0.384. The Morgan fingerprint density at radius 2 is 1.52 bits per heavy atom. The Morgan fingerprint density at radius 3 is 2.27 bits per heavy atom. The number of hydrogen-bond acceptors (Lipinski definition) is 4. The van der Waals surface area contributed by atoms with E-state index in [1.807, 2.05) is 36.4 Å². The van der Waals surface area contributed by atoms with Gasteiger partial charge in [0.05, 0.1) is 4.92 Å². The Balaban J connectivity index is 1.66. The van der Waals surface area contributed by atoms with Crippen LogP contribution in [0.15, 0.2) is 103 Å². The van der Waals surface area contributed by atoms with E-state index in [0.717, 1.165) is 10.8 Å². The van der Waals surface area contributed by atoms with E-state index in [2.05, 4.69) is 10.6 Å². The number of nitrogens with one attached hydrogen (secondary N) is 2. The Kier molecular flexibility index (Phi) is 6.22. The fourth-order valence-corrected chi connectivity index (χ4v) is 3.30. The van der Waals surface area contributed by atoms with Crippen molar-refractivity contribution in [1.82, 2.24) is 5.32 Å². The molecule has 2 N–H and O–H groups in total. The molecule has 0 aliphatic heterocycles. The largest absolute Gasteiger partial charge is 0.321 e. The average Bonchev–Trinajstić information content (AvgIpc) is 2.84. The first kappa shape index (κ1) is 21.5. The molecule has 0 saturated carbocycles. The third-order valence-corrected chi connectivity index (χ3v) is 4.93. The number of amides is 2. The first-order chi connectivity index (χ1) is 16.0. The second-order valence-electron chi connectivity index (χ2n) is 7.25. The highest BCUT2D eigenvalue weighted by atomic mass is 16.6. The second-order valence-corrected chi connectivity index (χ2v) is 7.25. The van der Waals surface area contributed by atoms with E-state index in [9.17, 15) is 19.7 Å². The highest BCUT2D eigenvalue weighted by Gasteiger charge is 2.16. The van der Waals surface area contributed by atoms with Gasteiger partial charge in [-0.05, 0) is 46.7 Å². The van der Waals surface area contributed by atoms with Crippen LogP contribution in [0.3, 0.4) is 0 Å². The lowest BCUT2D eigenvalue weighted by Gasteiger charge is -2.12. The lowest BCUT2D eigenvalue weighted by atomic mass is 10.1. The molecule has 33 heavy (non-hydrogen) atoms. The molecule has 0 atom stereocenters. The average molecular weight is 437 g/mol. The van der Waals surface area contributed by atoms with Gasteiger partial charge in [0, 0.05) is 23.4 Å². The number of nitrogens with zero attached hydrogens (tertiary/aromatic N) is 1. The minimum Gasteiger partial charge on any atom is -0.321 e. The van der Waals surface area contributed by atoms with Gasteiger partial charge in [-0.25, -0.2) is 0 Å². The fraction of sp³-hybridized carbons (Fsp3) is 0. The quantitative estimate of drug-likeness (QED) is 0.247. The number of fused-ring (bicyclic) bond motifs is 1. The third kappa shape index (κ3) is 5.29. The Morgan fingerprint density at radius 1 is 0.788 bits per heavy atom. The summed E-state index contributed by atoms with van der Waals surface area (Å²) in [7, 11) is 0. The number of nitro groups is 1. The van der Waals surface area contributed by atoms with E-state index in [0.29, 0.717) is 16.8 Å². The summed E-state index contributed by atoms with van der Waals surface area (Å²) < 4.78 is 0. The standard InChI is InChI=1S/C26H19N3O4/c30-25(20-9-2-1-3-10-20)28-24(16-18-7-6-12-23(15-18)29(32)33)26(31)27-22-14-13-19-8-4-5-11-21(19)17-22/h1-17H,(H,27,31)(H,28,30)/b24-16+. The van der Waals surface area contributed by atoms with Crippen molar-refractivity contribution in [3.8, 4) is 0 Å². The fourth-order valence-electron chi connectivity index (χ4n) is 3.30. The molecule has 0 aromatic heterocycles. The molecular formula is C26H19N3O4. The zero-order chi connectivity index (χ0) is 23.2. The molecule has 7 nitrogen and oxygen atoms in total. The van der Waals surface area contributed by atoms with Gasteiger partial charge in [0.2, 0.25) is 0 Å². The van der Waals surface area contributed by atoms with E-state index in [1.165, 1.54) is 24.3 Å². The van der Waals surface area contributed by atoms with Crippen molar-refractivity contribution in [1.29, 1.82) is 0 Å². The van der Waals surface area contributed by atoms with Gasteiger partial charge >= 0.3 is 0 Å². The number of carbonyl (C=O) groups is 2. The van der Waals surface area contributed by atoms with Gasteiger partial charge in [0.15, 0.2) is 0 Å². The van der Waals surface area contributed by atoms with Crippen LogP contribution in [0, 0.1) is 10.1 Å². The van der Waals surface area contributed by atoms with E-state index >= 15 is 0 Å². The zero-order valence-electron chi connectivity index (χ0n) is 17.4. The zero-order valence-corrected chi connectivity index (χ0v) is 17.4. The van der Waals surface area contributed by atoms with Crippen LogP contribution in [0.2, 0.25) is 0 Å². The number of rotatable bonds is 6. The predicted octanol–water partition coefficient (Wildman–Crippen LogP) is 5.16. The van der Waals surface area contributed by atoms with Crippen LogP contribution in [0.1, 0.15) is 15.9 Å². The van der Waals surface area contributed by atoms with Gasteiger partial charge in [0.25, 0.3) is 17.5 Å². The lowest BCUT2D eigenvalue weighted by Crippen LogP contribution is -2.30. The van der Waals surface area contributed by atoms with Crippen LogP contribution in [0.4, 0.5) is 11.4 Å². The number of anilines is 1. The molecule has 7 heteroatoms.